The fourth-order valence-electron chi connectivity index (χ4n) is 0.783. The second-order valence-corrected chi connectivity index (χ2v) is 2.38. The zero-order valence-electron chi connectivity index (χ0n) is 7.16. The van der Waals surface area contributed by atoms with Crippen molar-refractivity contribution in [2.24, 2.45) is 5.73 Å². The van der Waals surface area contributed by atoms with Gasteiger partial charge in [-0.25, -0.2) is 9.78 Å². The Morgan fingerprint density at radius 1 is 1.54 bits per heavy atom. The molecule has 13 heavy (non-hydrogen) atoms. The summed E-state index contributed by atoms with van der Waals surface area (Å²) in [7, 11) is 0. The van der Waals surface area contributed by atoms with E-state index >= 15 is 0 Å². The van der Waals surface area contributed by atoms with E-state index in [4.69, 9.17) is 5.73 Å². The number of rotatable bonds is 3. The summed E-state index contributed by atoms with van der Waals surface area (Å²) in [6.45, 7) is 0.883. The van der Waals surface area contributed by atoms with Crippen molar-refractivity contribution in [3.05, 3.63) is 24.4 Å². The van der Waals surface area contributed by atoms with Crippen molar-refractivity contribution in [2.45, 2.75) is 0 Å². The van der Waals surface area contributed by atoms with Crippen LogP contribution < -0.4 is 16.4 Å². The highest BCUT2D eigenvalue weighted by atomic mass is 16.2. The van der Waals surface area contributed by atoms with Crippen molar-refractivity contribution >= 4 is 11.8 Å². The van der Waals surface area contributed by atoms with Crippen LogP contribution in [0.4, 0.5) is 10.6 Å². The number of carbonyl (C=O) groups excluding carboxylic acids is 1. The third kappa shape index (κ3) is 3.53. The first kappa shape index (κ1) is 9.47. The average molecular weight is 180 g/mol. The normalized spacial score (nSPS) is 9.31. The molecule has 5 heteroatoms. The van der Waals surface area contributed by atoms with Gasteiger partial charge in [0, 0.05) is 19.3 Å². The van der Waals surface area contributed by atoms with Crippen molar-refractivity contribution < 1.29 is 4.79 Å². The summed E-state index contributed by atoms with van der Waals surface area (Å²) in [5.41, 5.74) is 5.21. The SMILES string of the molecule is NCCNC(=O)Nc1ccccn1. The minimum absolute atomic E-state index is 0.288. The molecule has 0 aromatic carbocycles. The standard InChI is InChI=1S/C8H12N4O/c9-4-6-11-8(13)12-7-3-1-2-5-10-7/h1-3,5H,4,6,9H2,(H2,10,11,12,13). The van der Waals surface area contributed by atoms with Gasteiger partial charge in [-0.05, 0) is 12.1 Å². The van der Waals surface area contributed by atoms with Crippen LogP contribution >= 0.6 is 0 Å². The Bertz CT molecular complexity index is 262. The second-order valence-electron chi connectivity index (χ2n) is 2.38. The number of nitrogens with zero attached hydrogens (tertiary/aromatic N) is 1. The van der Waals surface area contributed by atoms with Crippen LogP contribution in [0.5, 0.6) is 0 Å². The third-order valence-electron chi connectivity index (χ3n) is 1.34. The molecule has 0 atom stereocenters. The number of nitrogens with two attached hydrogens (primary N) is 1. The summed E-state index contributed by atoms with van der Waals surface area (Å²) < 4.78 is 0. The molecule has 1 aromatic heterocycles. The van der Waals surface area contributed by atoms with Gasteiger partial charge in [0.05, 0.1) is 0 Å². The monoisotopic (exact) mass is 180 g/mol. The Hall–Kier alpha value is -1.62. The largest absolute Gasteiger partial charge is 0.337 e. The predicted molar refractivity (Wildman–Crippen MR) is 50.3 cm³/mol. The molecule has 0 spiro atoms. The minimum Gasteiger partial charge on any atom is -0.337 e. The summed E-state index contributed by atoms with van der Waals surface area (Å²) in [5, 5.41) is 5.13. The number of hydrogen-bond donors (Lipinski definition) is 3. The minimum atomic E-state index is -0.288. The van der Waals surface area contributed by atoms with Crippen LogP contribution in [0.3, 0.4) is 0 Å². The highest BCUT2D eigenvalue weighted by Crippen LogP contribution is 1.98. The summed E-state index contributed by atoms with van der Waals surface area (Å²) in [4.78, 5) is 15.0. The van der Waals surface area contributed by atoms with Crippen LogP contribution in [0.15, 0.2) is 24.4 Å². The van der Waals surface area contributed by atoms with Gasteiger partial charge in [-0.2, -0.15) is 0 Å². The van der Waals surface area contributed by atoms with E-state index in [1.807, 2.05) is 0 Å². The molecule has 2 amide bonds. The zero-order valence-corrected chi connectivity index (χ0v) is 7.16. The van der Waals surface area contributed by atoms with Gasteiger partial charge in [-0.15, -0.1) is 0 Å². The summed E-state index contributed by atoms with van der Waals surface area (Å²) >= 11 is 0. The Kier molecular flexibility index (Phi) is 3.72. The van der Waals surface area contributed by atoms with E-state index in [-0.39, 0.29) is 6.03 Å². The van der Waals surface area contributed by atoms with Gasteiger partial charge in [0.25, 0.3) is 0 Å². The van der Waals surface area contributed by atoms with Crippen LogP contribution in [-0.4, -0.2) is 24.1 Å². The van der Waals surface area contributed by atoms with E-state index in [0.29, 0.717) is 18.9 Å². The molecule has 0 radical (unpaired) electrons. The molecule has 0 fully saturated rings. The highest BCUT2D eigenvalue weighted by Gasteiger charge is 1.98. The second kappa shape index (κ2) is 5.10. The van der Waals surface area contributed by atoms with Gasteiger partial charge in [-0.3, -0.25) is 5.32 Å². The van der Waals surface area contributed by atoms with E-state index in [1.54, 1.807) is 24.4 Å². The molecule has 1 aromatic rings. The lowest BCUT2D eigenvalue weighted by Gasteiger charge is -2.04. The first-order chi connectivity index (χ1) is 6.33. The molecule has 70 valence electrons. The Morgan fingerprint density at radius 2 is 2.38 bits per heavy atom. The van der Waals surface area contributed by atoms with E-state index in [0.717, 1.165) is 0 Å². The number of anilines is 1. The van der Waals surface area contributed by atoms with Crippen LogP contribution in [0.2, 0.25) is 0 Å². The molecule has 1 rings (SSSR count). The summed E-state index contributed by atoms with van der Waals surface area (Å²) in [5.74, 6) is 0.525. The first-order valence-corrected chi connectivity index (χ1v) is 3.99. The van der Waals surface area contributed by atoms with Gasteiger partial charge in [0.1, 0.15) is 5.82 Å². The van der Waals surface area contributed by atoms with E-state index in [9.17, 15) is 4.79 Å². The quantitative estimate of drug-likeness (QED) is 0.620. The zero-order chi connectivity index (χ0) is 9.52. The highest BCUT2D eigenvalue weighted by molar-refractivity contribution is 5.88. The van der Waals surface area contributed by atoms with E-state index in [2.05, 4.69) is 15.6 Å². The number of aromatic nitrogens is 1. The maximum Gasteiger partial charge on any atom is 0.320 e. The van der Waals surface area contributed by atoms with Crippen LogP contribution in [0.1, 0.15) is 0 Å². The van der Waals surface area contributed by atoms with Crippen molar-refractivity contribution in [1.82, 2.24) is 10.3 Å². The number of carbonyl (C=O) groups is 1. The first-order valence-electron chi connectivity index (χ1n) is 3.99. The molecule has 0 aliphatic rings. The van der Waals surface area contributed by atoms with Crippen molar-refractivity contribution in [3.63, 3.8) is 0 Å². The average Bonchev–Trinajstić information content (AvgIpc) is 2.16. The lowest BCUT2D eigenvalue weighted by molar-refractivity contribution is 0.252. The Balaban J connectivity index is 2.37. The maximum absolute atomic E-state index is 11.1. The van der Waals surface area contributed by atoms with Gasteiger partial charge in [0.2, 0.25) is 0 Å². The lowest BCUT2D eigenvalue weighted by Crippen LogP contribution is -2.33. The van der Waals surface area contributed by atoms with Gasteiger partial charge < -0.3 is 11.1 Å². The maximum atomic E-state index is 11.1. The number of amides is 2. The Morgan fingerprint density at radius 3 is 3.00 bits per heavy atom. The fraction of sp³-hybridized carbons (Fsp3) is 0.250. The molecular weight excluding hydrogens is 168 g/mol. The molecule has 0 aliphatic heterocycles. The number of hydrogen-bond acceptors (Lipinski definition) is 3. The van der Waals surface area contributed by atoms with Crippen molar-refractivity contribution in [2.75, 3.05) is 18.4 Å². The fourth-order valence-corrected chi connectivity index (χ4v) is 0.783. The summed E-state index contributed by atoms with van der Waals surface area (Å²) in [6, 6.07) is 5.00. The smallest absolute Gasteiger partial charge is 0.320 e. The molecule has 1 heterocycles. The lowest BCUT2D eigenvalue weighted by atomic mass is 10.5. The van der Waals surface area contributed by atoms with Crippen molar-refractivity contribution in [1.29, 1.82) is 0 Å². The number of urea groups is 1. The van der Waals surface area contributed by atoms with Gasteiger partial charge >= 0.3 is 6.03 Å². The van der Waals surface area contributed by atoms with Crippen LogP contribution in [0, 0.1) is 0 Å². The third-order valence-corrected chi connectivity index (χ3v) is 1.34. The van der Waals surface area contributed by atoms with E-state index < -0.39 is 0 Å². The molecule has 0 bridgehead atoms. The van der Waals surface area contributed by atoms with Crippen LogP contribution in [-0.2, 0) is 0 Å². The molecule has 0 saturated heterocycles. The molecule has 4 N–H and O–H groups in total. The molecule has 0 saturated carbocycles. The van der Waals surface area contributed by atoms with Gasteiger partial charge in [0.15, 0.2) is 0 Å². The van der Waals surface area contributed by atoms with Crippen molar-refractivity contribution in [3.8, 4) is 0 Å². The molecule has 0 aliphatic carbocycles. The Labute approximate surface area is 76.3 Å². The molecule has 0 unspecified atom stereocenters. The number of pyridine rings is 1. The molecule has 5 nitrogen and oxygen atoms in total. The summed E-state index contributed by atoms with van der Waals surface area (Å²) in [6.07, 6.45) is 1.61. The number of nitrogens with one attached hydrogen (secondary N) is 2. The van der Waals surface area contributed by atoms with Gasteiger partial charge in [-0.1, -0.05) is 6.07 Å². The predicted octanol–water partition coefficient (Wildman–Crippen LogP) is 0.162. The molecular formula is C8H12N4O. The van der Waals surface area contributed by atoms with E-state index in [1.165, 1.54) is 0 Å². The topological polar surface area (TPSA) is 80.0 Å². The van der Waals surface area contributed by atoms with Crippen LogP contribution in [0.25, 0.3) is 0 Å².